The number of likely N-dealkylation sites (N-methyl/N-ethyl adjacent to an activating group) is 1. The molecule has 100 valence electrons. The standard InChI is InChI=1S/C13H21N3O2/c1-5-15-12(13(2,3)4)8-10-6-7-14-9-11(10)16(17)18/h6-7,9,12,15H,5,8H2,1-4H3. The zero-order chi connectivity index (χ0) is 13.8. The molecule has 18 heavy (non-hydrogen) atoms. The molecule has 1 rings (SSSR count). The molecule has 0 aliphatic carbocycles. The Bertz CT molecular complexity index is 413. The van der Waals surface area contributed by atoms with E-state index in [1.807, 2.05) is 6.92 Å². The summed E-state index contributed by atoms with van der Waals surface area (Å²) in [5.41, 5.74) is 0.883. The van der Waals surface area contributed by atoms with Crippen molar-refractivity contribution < 1.29 is 4.92 Å². The smallest absolute Gasteiger partial charge is 0.290 e. The summed E-state index contributed by atoms with van der Waals surface area (Å²) in [7, 11) is 0. The quantitative estimate of drug-likeness (QED) is 0.645. The predicted octanol–water partition coefficient (Wildman–Crippen LogP) is 2.56. The molecule has 0 saturated carbocycles. The summed E-state index contributed by atoms with van der Waals surface area (Å²) in [5.74, 6) is 0. The maximum atomic E-state index is 11.0. The molecule has 0 aliphatic rings. The van der Waals surface area contributed by atoms with Crippen LogP contribution < -0.4 is 5.32 Å². The fraction of sp³-hybridized carbons (Fsp3) is 0.615. The number of hydrogen-bond donors (Lipinski definition) is 1. The van der Waals surface area contributed by atoms with E-state index < -0.39 is 0 Å². The summed E-state index contributed by atoms with van der Waals surface area (Å²) < 4.78 is 0. The van der Waals surface area contributed by atoms with Crippen LogP contribution in [0.25, 0.3) is 0 Å². The Kier molecular flexibility index (Phi) is 4.78. The monoisotopic (exact) mass is 251 g/mol. The number of rotatable bonds is 5. The van der Waals surface area contributed by atoms with E-state index in [9.17, 15) is 10.1 Å². The Labute approximate surface area is 108 Å². The van der Waals surface area contributed by atoms with Gasteiger partial charge in [-0.1, -0.05) is 27.7 Å². The first-order valence-electron chi connectivity index (χ1n) is 6.17. The van der Waals surface area contributed by atoms with E-state index in [1.165, 1.54) is 6.20 Å². The van der Waals surface area contributed by atoms with E-state index in [0.29, 0.717) is 6.42 Å². The molecule has 1 N–H and O–H groups in total. The van der Waals surface area contributed by atoms with Gasteiger partial charge in [0.2, 0.25) is 0 Å². The number of aromatic nitrogens is 1. The molecule has 5 heteroatoms. The normalized spacial score (nSPS) is 13.3. The molecule has 5 nitrogen and oxygen atoms in total. The van der Waals surface area contributed by atoms with Crippen molar-refractivity contribution in [1.82, 2.24) is 10.3 Å². The van der Waals surface area contributed by atoms with Crippen LogP contribution in [0.2, 0.25) is 0 Å². The van der Waals surface area contributed by atoms with Crippen molar-refractivity contribution in [3.05, 3.63) is 34.1 Å². The number of nitro groups is 1. The fourth-order valence-corrected chi connectivity index (χ4v) is 1.90. The van der Waals surface area contributed by atoms with Gasteiger partial charge in [-0.05, 0) is 24.4 Å². The van der Waals surface area contributed by atoms with Crippen LogP contribution in [-0.2, 0) is 6.42 Å². The first-order chi connectivity index (χ1) is 8.36. The van der Waals surface area contributed by atoms with E-state index in [1.54, 1.807) is 12.3 Å². The topological polar surface area (TPSA) is 68.1 Å². The molecule has 1 atom stereocenters. The lowest BCUT2D eigenvalue weighted by atomic mass is 9.83. The van der Waals surface area contributed by atoms with Gasteiger partial charge in [-0.2, -0.15) is 0 Å². The van der Waals surface area contributed by atoms with Crippen LogP contribution in [0, 0.1) is 15.5 Å². The first kappa shape index (κ1) is 14.6. The van der Waals surface area contributed by atoms with E-state index >= 15 is 0 Å². The second kappa shape index (κ2) is 5.91. The van der Waals surface area contributed by atoms with Gasteiger partial charge in [-0.3, -0.25) is 15.1 Å². The molecule has 1 unspecified atom stereocenters. The summed E-state index contributed by atoms with van der Waals surface area (Å²) in [5, 5.41) is 14.4. The van der Waals surface area contributed by atoms with Crippen molar-refractivity contribution in [2.45, 2.75) is 40.2 Å². The van der Waals surface area contributed by atoms with Crippen LogP contribution in [0.1, 0.15) is 33.3 Å². The van der Waals surface area contributed by atoms with Crippen molar-refractivity contribution in [1.29, 1.82) is 0 Å². The van der Waals surface area contributed by atoms with E-state index in [-0.39, 0.29) is 22.1 Å². The zero-order valence-corrected chi connectivity index (χ0v) is 11.4. The largest absolute Gasteiger partial charge is 0.313 e. The lowest BCUT2D eigenvalue weighted by Crippen LogP contribution is -2.42. The summed E-state index contributed by atoms with van der Waals surface area (Å²) in [6.45, 7) is 9.29. The van der Waals surface area contributed by atoms with E-state index in [2.05, 4.69) is 31.1 Å². The summed E-state index contributed by atoms with van der Waals surface area (Å²) in [4.78, 5) is 14.4. The van der Waals surface area contributed by atoms with E-state index in [0.717, 1.165) is 12.1 Å². The van der Waals surface area contributed by atoms with Gasteiger partial charge in [0.1, 0.15) is 6.20 Å². The maximum absolute atomic E-state index is 11.0. The van der Waals surface area contributed by atoms with Gasteiger partial charge in [0.05, 0.1) is 4.92 Å². The highest BCUT2D eigenvalue weighted by Crippen LogP contribution is 2.26. The molecule has 1 heterocycles. The van der Waals surface area contributed by atoms with Gasteiger partial charge in [-0.25, -0.2) is 0 Å². The Hall–Kier alpha value is -1.49. The lowest BCUT2D eigenvalue weighted by molar-refractivity contribution is -0.385. The first-order valence-corrected chi connectivity index (χ1v) is 6.17. The van der Waals surface area contributed by atoms with Gasteiger partial charge < -0.3 is 5.32 Å². The Balaban J connectivity index is 2.97. The lowest BCUT2D eigenvalue weighted by Gasteiger charge is -2.31. The molecule has 0 spiro atoms. The zero-order valence-electron chi connectivity index (χ0n) is 11.4. The third-order valence-electron chi connectivity index (χ3n) is 3.00. The van der Waals surface area contributed by atoms with Crippen LogP contribution in [-0.4, -0.2) is 22.5 Å². The van der Waals surface area contributed by atoms with Gasteiger partial charge in [0, 0.05) is 17.8 Å². The van der Waals surface area contributed by atoms with Gasteiger partial charge in [-0.15, -0.1) is 0 Å². The summed E-state index contributed by atoms with van der Waals surface area (Å²) in [6, 6.07) is 1.93. The van der Waals surface area contributed by atoms with Crippen molar-refractivity contribution in [3.63, 3.8) is 0 Å². The Morgan fingerprint density at radius 1 is 1.50 bits per heavy atom. The summed E-state index contributed by atoms with van der Waals surface area (Å²) >= 11 is 0. The molecule has 1 aromatic heterocycles. The molecule has 0 radical (unpaired) electrons. The Morgan fingerprint density at radius 3 is 2.67 bits per heavy atom. The van der Waals surface area contributed by atoms with E-state index in [4.69, 9.17) is 0 Å². The van der Waals surface area contributed by atoms with Crippen LogP contribution >= 0.6 is 0 Å². The number of nitrogens with one attached hydrogen (secondary N) is 1. The SMILES string of the molecule is CCNC(Cc1ccncc1[N+](=O)[O-])C(C)(C)C. The van der Waals surface area contributed by atoms with Gasteiger partial charge >= 0.3 is 0 Å². The van der Waals surface area contributed by atoms with Crippen LogP contribution in [0.15, 0.2) is 18.5 Å². The number of nitrogens with zero attached hydrogens (tertiary/aromatic N) is 2. The minimum absolute atomic E-state index is 0.0488. The molecule has 1 aromatic rings. The highest BCUT2D eigenvalue weighted by atomic mass is 16.6. The minimum atomic E-state index is -0.367. The van der Waals surface area contributed by atoms with Crippen molar-refractivity contribution >= 4 is 5.69 Å². The molecular weight excluding hydrogens is 230 g/mol. The molecular formula is C13H21N3O2. The van der Waals surface area contributed by atoms with Crippen LogP contribution in [0.4, 0.5) is 5.69 Å². The highest BCUT2D eigenvalue weighted by Gasteiger charge is 2.26. The third kappa shape index (κ3) is 3.77. The van der Waals surface area contributed by atoms with Crippen molar-refractivity contribution in [2.75, 3.05) is 6.54 Å². The highest BCUT2D eigenvalue weighted by molar-refractivity contribution is 5.37. The van der Waals surface area contributed by atoms with Crippen molar-refractivity contribution in [2.24, 2.45) is 5.41 Å². The number of pyridine rings is 1. The second-order valence-electron chi connectivity index (χ2n) is 5.44. The third-order valence-corrected chi connectivity index (χ3v) is 3.00. The molecule has 0 bridgehead atoms. The van der Waals surface area contributed by atoms with Gasteiger partial charge in [0.15, 0.2) is 0 Å². The van der Waals surface area contributed by atoms with Gasteiger partial charge in [0.25, 0.3) is 5.69 Å². The molecule has 0 fully saturated rings. The average Bonchev–Trinajstić information content (AvgIpc) is 2.27. The van der Waals surface area contributed by atoms with Crippen LogP contribution in [0.3, 0.4) is 0 Å². The minimum Gasteiger partial charge on any atom is -0.313 e. The molecule has 0 saturated heterocycles. The van der Waals surface area contributed by atoms with Crippen LogP contribution in [0.5, 0.6) is 0 Å². The Morgan fingerprint density at radius 2 is 2.17 bits per heavy atom. The molecule has 0 amide bonds. The van der Waals surface area contributed by atoms with Crippen molar-refractivity contribution in [3.8, 4) is 0 Å². The average molecular weight is 251 g/mol. The predicted molar refractivity (Wildman–Crippen MR) is 71.5 cm³/mol. The molecule has 0 aliphatic heterocycles. The maximum Gasteiger partial charge on any atom is 0.290 e. The second-order valence-corrected chi connectivity index (χ2v) is 5.44. The summed E-state index contributed by atoms with van der Waals surface area (Å²) in [6.07, 6.45) is 3.56. The number of hydrogen-bond acceptors (Lipinski definition) is 4. The fourth-order valence-electron chi connectivity index (χ4n) is 1.90. The molecule has 0 aromatic carbocycles.